The van der Waals surface area contributed by atoms with E-state index in [-0.39, 0.29) is 36.9 Å². The summed E-state index contributed by atoms with van der Waals surface area (Å²) in [6.07, 6.45) is 19.4. The fraction of sp³-hybridized carbons (Fsp3) is 0.708. The zero-order valence-electron chi connectivity index (χ0n) is 18.9. The van der Waals surface area contributed by atoms with E-state index in [1.807, 2.05) is 30.3 Å². The minimum atomic E-state index is -0.689. The molecule has 1 N–H and O–H groups in total. The van der Waals surface area contributed by atoms with E-state index in [4.69, 9.17) is 0 Å². The van der Waals surface area contributed by atoms with Crippen molar-refractivity contribution in [2.45, 2.75) is 109 Å². The normalized spacial score (nSPS) is 11.7. The molecule has 0 heterocycles. The first kappa shape index (κ1) is 26.7. The molecule has 1 rings (SSSR count). The van der Waals surface area contributed by atoms with Crippen LogP contribution < -0.4 is 29.6 Å². The molecule has 150 valence electrons. The quantitative estimate of drug-likeness (QED) is 0.308. The van der Waals surface area contributed by atoms with Crippen molar-refractivity contribution in [1.29, 1.82) is 0 Å². The van der Waals surface area contributed by atoms with Gasteiger partial charge in [0.1, 0.15) is 0 Å². The molecule has 0 aliphatic heterocycles. The van der Waals surface area contributed by atoms with Gasteiger partial charge in [0, 0.05) is 0 Å². The first-order chi connectivity index (χ1) is 12.8. The van der Waals surface area contributed by atoms with Crippen molar-refractivity contribution in [2.24, 2.45) is 0 Å². The van der Waals surface area contributed by atoms with Gasteiger partial charge in [0.25, 0.3) is 0 Å². The predicted octanol–water partition coefficient (Wildman–Crippen LogP) is 4.84. The molecule has 0 aliphatic carbocycles. The van der Waals surface area contributed by atoms with Gasteiger partial charge in [-0.25, -0.2) is 0 Å². The largest absolute Gasteiger partial charge is 1.00 e. The molecule has 1 aromatic rings. The molecule has 1 unspecified atom stereocenters. The number of hydrogen-bond donors (Lipinski definition) is 1. The summed E-state index contributed by atoms with van der Waals surface area (Å²) in [5, 5.41) is 9.43. The van der Waals surface area contributed by atoms with E-state index in [1.165, 1.54) is 77.0 Å². The topological polar surface area (TPSA) is 37.3 Å². The third-order valence-electron chi connectivity index (χ3n) is 5.35. The Bertz CT molecular complexity index is 453. The van der Waals surface area contributed by atoms with Crippen molar-refractivity contribution in [3.8, 4) is 0 Å². The minimum Gasteiger partial charge on any atom is -1.00 e. The molecule has 0 fully saturated rings. The van der Waals surface area contributed by atoms with E-state index >= 15 is 0 Å². The van der Waals surface area contributed by atoms with Gasteiger partial charge in [0.05, 0.1) is 5.92 Å². The molecule has 0 saturated carbocycles. The second-order valence-electron chi connectivity index (χ2n) is 7.69. The van der Waals surface area contributed by atoms with Crippen molar-refractivity contribution < 1.29 is 40.9 Å². The van der Waals surface area contributed by atoms with E-state index in [0.29, 0.717) is 0 Å². The molecule has 0 aliphatic rings. The zero-order chi connectivity index (χ0) is 18.9. The van der Waals surface area contributed by atoms with E-state index in [0.717, 1.165) is 24.8 Å². The summed E-state index contributed by atoms with van der Waals surface area (Å²) in [5.41, 5.74) is 0.940. The third-order valence-corrected chi connectivity index (χ3v) is 5.35. The average Bonchev–Trinajstić information content (AvgIpc) is 2.65. The van der Waals surface area contributed by atoms with Gasteiger partial charge in [0.15, 0.2) is 0 Å². The number of rotatable bonds is 17. The number of hydrogen-bond acceptors (Lipinski definition) is 1. The van der Waals surface area contributed by atoms with Gasteiger partial charge >= 0.3 is 35.5 Å². The van der Waals surface area contributed by atoms with Crippen LogP contribution in [0.1, 0.15) is 116 Å². The van der Waals surface area contributed by atoms with Crippen LogP contribution in [0.15, 0.2) is 30.3 Å². The number of carboxylic acids is 1. The fourth-order valence-electron chi connectivity index (χ4n) is 3.66. The molecule has 1 aromatic carbocycles. The maximum Gasteiger partial charge on any atom is 1.00 e. The molecule has 0 aromatic heterocycles. The Morgan fingerprint density at radius 2 is 1.19 bits per heavy atom. The van der Waals surface area contributed by atoms with Crippen LogP contribution in [0, 0.1) is 0 Å². The van der Waals surface area contributed by atoms with Gasteiger partial charge in [-0.15, -0.1) is 0 Å². The second-order valence-corrected chi connectivity index (χ2v) is 7.69. The molecule has 3 heteroatoms. The van der Waals surface area contributed by atoms with Gasteiger partial charge in [-0.05, 0) is 12.0 Å². The summed E-state index contributed by atoms with van der Waals surface area (Å²) < 4.78 is 0. The van der Waals surface area contributed by atoms with Gasteiger partial charge in [-0.2, -0.15) is 0 Å². The number of unbranched alkanes of at least 4 members (excludes halogenated alkanes) is 13. The van der Waals surface area contributed by atoms with Crippen LogP contribution in [0.25, 0.3) is 0 Å². The first-order valence-electron chi connectivity index (χ1n) is 11.0. The number of carbonyl (C=O) groups is 1. The Morgan fingerprint density at radius 1 is 0.778 bits per heavy atom. The van der Waals surface area contributed by atoms with Crippen LogP contribution in [0.2, 0.25) is 0 Å². The summed E-state index contributed by atoms with van der Waals surface area (Å²) >= 11 is 0. The summed E-state index contributed by atoms with van der Waals surface area (Å²) in [6, 6.07) is 9.66. The monoisotopic (exact) mass is 384 g/mol. The standard InChI is InChI=1S/C24H40O2.Na.H/c1-2-3-4-5-6-7-8-9-10-11-12-13-14-18-21-23(24(25)26)22-19-16-15-17-20-22;;/h15-17,19-20,23H,2-14,18,21H2,1H3,(H,25,26);;/q;+1;-1. The third kappa shape index (κ3) is 14.4. The molecule has 0 bridgehead atoms. The zero-order valence-corrected chi connectivity index (χ0v) is 19.9. The van der Waals surface area contributed by atoms with Gasteiger partial charge in [-0.1, -0.05) is 127 Å². The van der Waals surface area contributed by atoms with Crippen LogP contribution >= 0.6 is 0 Å². The Hall–Kier alpha value is -0.310. The maximum atomic E-state index is 11.5. The number of carboxylic acid groups (broad SMARTS) is 1. The molecule has 0 amide bonds. The molecule has 27 heavy (non-hydrogen) atoms. The molecule has 0 spiro atoms. The molecular formula is C24H41NaO2. The molecule has 0 saturated heterocycles. The maximum absolute atomic E-state index is 11.5. The molecule has 0 radical (unpaired) electrons. The van der Waals surface area contributed by atoms with Gasteiger partial charge in [-0.3, -0.25) is 4.79 Å². The summed E-state index contributed by atoms with van der Waals surface area (Å²) in [6.45, 7) is 2.27. The molecule has 2 nitrogen and oxygen atoms in total. The first-order valence-corrected chi connectivity index (χ1v) is 11.0. The van der Waals surface area contributed by atoms with Crippen LogP contribution in [0.4, 0.5) is 0 Å². The van der Waals surface area contributed by atoms with E-state index in [1.54, 1.807) is 0 Å². The Balaban J connectivity index is 0. The number of aliphatic carboxylic acids is 1. The van der Waals surface area contributed by atoms with Crippen molar-refractivity contribution in [2.75, 3.05) is 0 Å². The second kappa shape index (κ2) is 19.0. The summed E-state index contributed by atoms with van der Waals surface area (Å²) in [7, 11) is 0. The van der Waals surface area contributed by atoms with Gasteiger partial charge < -0.3 is 6.53 Å². The Kier molecular flexibility index (Phi) is 18.8. The summed E-state index contributed by atoms with van der Waals surface area (Å²) in [5.74, 6) is -1.03. The van der Waals surface area contributed by atoms with Gasteiger partial charge in [0.2, 0.25) is 0 Å². The van der Waals surface area contributed by atoms with E-state index in [2.05, 4.69) is 6.92 Å². The van der Waals surface area contributed by atoms with Crippen molar-refractivity contribution in [1.82, 2.24) is 0 Å². The fourth-order valence-corrected chi connectivity index (χ4v) is 3.66. The smallest absolute Gasteiger partial charge is 1.00 e. The Morgan fingerprint density at radius 3 is 1.59 bits per heavy atom. The SMILES string of the molecule is CCCCCCCCCCCCCCCCC(C(=O)O)c1ccccc1.[H-].[Na+]. The van der Waals surface area contributed by atoms with Crippen LogP contribution in [0.3, 0.4) is 0 Å². The van der Waals surface area contributed by atoms with Crippen molar-refractivity contribution in [3.05, 3.63) is 35.9 Å². The van der Waals surface area contributed by atoms with E-state index < -0.39 is 5.97 Å². The van der Waals surface area contributed by atoms with Crippen molar-refractivity contribution >= 4 is 5.97 Å². The minimum absolute atomic E-state index is 0. The predicted molar refractivity (Wildman–Crippen MR) is 113 cm³/mol. The van der Waals surface area contributed by atoms with Crippen LogP contribution in [-0.2, 0) is 4.79 Å². The van der Waals surface area contributed by atoms with Crippen LogP contribution in [0.5, 0.6) is 0 Å². The van der Waals surface area contributed by atoms with Crippen molar-refractivity contribution in [3.63, 3.8) is 0 Å². The molecule has 1 atom stereocenters. The Labute approximate surface area is 191 Å². The number of benzene rings is 1. The summed E-state index contributed by atoms with van der Waals surface area (Å²) in [4.78, 5) is 11.5. The molecular weight excluding hydrogens is 343 g/mol. The van der Waals surface area contributed by atoms with Crippen LogP contribution in [-0.4, -0.2) is 11.1 Å². The van der Waals surface area contributed by atoms with E-state index in [9.17, 15) is 9.90 Å². The average molecular weight is 385 g/mol.